The Labute approximate surface area is 111 Å². The van der Waals surface area contributed by atoms with Crippen molar-refractivity contribution < 1.29 is 0 Å². The summed E-state index contributed by atoms with van der Waals surface area (Å²) in [7, 11) is 0. The Hall–Kier alpha value is -0.890. The molecule has 0 radical (unpaired) electrons. The van der Waals surface area contributed by atoms with Crippen molar-refractivity contribution in [3.63, 3.8) is 0 Å². The third kappa shape index (κ3) is 3.81. The first kappa shape index (κ1) is 13.5. The summed E-state index contributed by atoms with van der Waals surface area (Å²) in [4.78, 5) is 4.45. The quantitative estimate of drug-likeness (QED) is 0.817. The van der Waals surface area contributed by atoms with E-state index >= 15 is 0 Å². The molecule has 0 aliphatic heterocycles. The molecular formula is C16H26N2. The predicted molar refractivity (Wildman–Crippen MR) is 76.5 cm³/mol. The van der Waals surface area contributed by atoms with Crippen molar-refractivity contribution in [2.45, 2.75) is 65.0 Å². The molecular weight excluding hydrogens is 220 g/mol. The lowest BCUT2D eigenvalue weighted by Crippen LogP contribution is -2.33. The predicted octanol–water partition coefficient (Wildman–Crippen LogP) is 3.84. The lowest BCUT2D eigenvalue weighted by atomic mass is 9.93. The molecule has 1 atom stereocenters. The van der Waals surface area contributed by atoms with Gasteiger partial charge >= 0.3 is 0 Å². The highest BCUT2D eigenvalue weighted by molar-refractivity contribution is 5.17. The van der Waals surface area contributed by atoms with Gasteiger partial charge in [0.25, 0.3) is 0 Å². The van der Waals surface area contributed by atoms with Gasteiger partial charge in [0.05, 0.1) is 5.69 Å². The third-order valence-electron chi connectivity index (χ3n) is 4.32. The van der Waals surface area contributed by atoms with E-state index in [-0.39, 0.29) is 0 Å². The Morgan fingerprint density at radius 1 is 1.28 bits per heavy atom. The minimum Gasteiger partial charge on any atom is -0.308 e. The molecule has 2 rings (SSSR count). The number of aryl methyl sites for hydroxylation is 1. The topological polar surface area (TPSA) is 24.9 Å². The van der Waals surface area contributed by atoms with E-state index in [1.54, 1.807) is 0 Å². The maximum atomic E-state index is 4.45. The minimum atomic E-state index is 0.615. The third-order valence-corrected chi connectivity index (χ3v) is 4.32. The van der Waals surface area contributed by atoms with Gasteiger partial charge in [-0.3, -0.25) is 4.98 Å². The molecule has 18 heavy (non-hydrogen) atoms. The van der Waals surface area contributed by atoms with Crippen LogP contribution in [0.25, 0.3) is 0 Å². The number of rotatable bonds is 4. The van der Waals surface area contributed by atoms with Crippen LogP contribution in [0.15, 0.2) is 18.3 Å². The Bertz CT molecular complexity index is 354. The zero-order valence-corrected chi connectivity index (χ0v) is 11.8. The highest BCUT2D eigenvalue weighted by atomic mass is 14.9. The van der Waals surface area contributed by atoms with Gasteiger partial charge in [-0.15, -0.1) is 0 Å². The molecule has 1 saturated carbocycles. The molecule has 0 unspecified atom stereocenters. The standard InChI is InChI=1S/C16H26N2/c1-13-8-7-11-17-16(13)12-18-14(2)15-9-5-3-4-6-10-15/h7-8,11,14-15,18H,3-6,9-10,12H2,1-2H3/t14-/m0/s1. The van der Waals surface area contributed by atoms with E-state index in [9.17, 15) is 0 Å². The normalized spacial score (nSPS) is 19.4. The van der Waals surface area contributed by atoms with E-state index in [4.69, 9.17) is 0 Å². The van der Waals surface area contributed by atoms with Crippen LogP contribution < -0.4 is 5.32 Å². The second-order valence-electron chi connectivity index (χ2n) is 5.69. The molecule has 0 bridgehead atoms. The van der Waals surface area contributed by atoms with Gasteiger partial charge in [-0.1, -0.05) is 31.7 Å². The molecule has 1 aromatic rings. The SMILES string of the molecule is Cc1cccnc1CN[C@@H](C)C1CCCCCC1. The van der Waals surface area contributed by atoms with Crippen LogP contribution in [0.2, 0.25) is 0 Å². The van der Waals surface area contributed by atoms with Crippen LogP contribution in [0.3, 0.4) is 0 Å². The van der Waals surface area contributed by atoms with E-state index in [0.29, 0.717) is 6.04 Å². The number of pyridine rings is 1. The lowest BCUT2D eigenvalue weighted by molar-refractivity contribution is 0.335. The second kappa shape index (κ2) is 6.89. The van der Waals surface area contributed by atoms with Gasteiger partial charge in [0, 0.05) is 18.8 Å². The van der Waals surface area contributed by atoms with Crippen molar-refractivity contribution in [1.82, 2.24) is 10.3 Å². The molecule has 1 aliphatic carbocycles. The highest BCUT2D eigenvalue weighted by Crippen LogP contribution is 2.25. The molecule has 0 saturated heterocycles. The second-order valence-corrected chi connectivity index (χ2v) is 5.69. The van der Waals surface area contributed by atoms with Gasteiger partial charge in [0.2, 0.25) is 0 Å². The van der Waals surface area contributed by atoms with Gasteiger partial charge in [-0.2, -0.15) is 0 Å². The average Bonchev–Trinajstić information content (AvgIpc) is 2.66. The smallest absolute Gasteiger partial charge is 0.0570 e. The van der Waals surface area contributed by atoms with Crippen LogP contribution >= 0.6 is 0 Å². The molecule has 2 nitrogen and oxygen atoms in total. The summed E-state index contributed by atoms with van der Waals surface area (Å²) in [5.74, 6) is 0.858. The fourth-order valence-electron chi connectivity index (χ4n) is 2.94. The fraction of sp³-hybridized carbons (Fsp3) is 0.688. The molecule has 0 amide bonds. The number of aromatic nitrogens is 1. The summed E-state index contributed by atoms with van der Waals surface area (Å²) in [6.45, 7) is 5.39. The summed E-state index contributed by atoms with van der Waals surface area (Å²) < 4.78 is 0. The van der Waals surface area contributed by atoms with Crippen LogP contribution in [0.5, 0.6) is 0 Å². The Balaban J connectivity index is 1.83. The van der Waals surface area contributed by atoms with Gasteiger partial charge in [0.15, 0.2) is 0 Å². The average molecular weight is 246 g/mol. The van der Waals surface area contributed by atoms with Gasteiger partial charge in [-0.25, -0.2) is 0 Å². The molecule has 1 heterocycles. The molecule has 2 heteroatoms. The summed E-state index contributed by atoms with van der Waals surface area (Å²) in [5, 5.41) is 3.67. The number of hydrogen-bond acceptors (Lipinski definition) is 2. The number of nitrogens with zero attached hydrogens (tertiary/aromatic N) is 1. The fourth-order valence-corrected chi connectivity index (χ4v) is 2.94. The molecule has 0 spiro atoms. The largest absolute Gasteiger partial charge is 0.308 e. The van der Waals surface area contributed by atoms with Crippen LogP contribution in [0, 0.1) is 12.8 Å². The van der Waals surface area contributed by atoms with Crippen molar-refractivity contribution in [2.75, 3.05) is 0 Å². The monoisotopic (exact) mass is 246 g/mol. The number of hydrogen-bond donors (Lipinski definition) is 1. The van der Waals surface area contributed by atoms with Gasteiger partial charge in [0.1, 0.15) is 0 Å². The van der Waals surface area contributed by atoms with Crippen molar-refractivity contribution in [2.24, 2.45) is 5.92 Å². The van der Waals surface area contributed by atoms with E-state index in [1.807, 2.05) is 12.3 Å². The molecule has 0 aromatic carbocycles. The lowest BCUT2D eigenvalue weighted by Gasteiger charge is -2.23. The maximum absolute atomic E-state index is 4.45. The summed E-state index contributed by atoms with van der Waals surface area (Å²) in [6.07, 6.45) is 10.4. The Morgan fingerprint density at radius 3 is 2.67 bits per heavy atom. The first-order chi connectivity index (χ1) is 8.77. The van der Waals surface area contributed by atoms with Gasteiger partial charge < -0.3 is 5.32 Å². The molecule has 100 valence electrons. The molecule has 1 aromatic heterocycles. The van der Waals surface area contributed by atoms with Gasteiger partial charge in [-0.05, 0) is 44.2 Å². The minimum absolute atomic E-state index is 0.615. The van der Waals surface area contributed by atoms with Crippen LogP contribution in [0.4, 0.5) is 0 Å². The van der Waals surface area contributed by atoms with E-state index < -0.39 is 0 Å². The van der Waals surface area contributed by atoms with Crippen molar-refractivity contribution >= 4 is 0 Å². The summed E-state index contributed by atoms with van der Waals surface area (Å²) in [5.41, 5.74) is 2.48. The molecule has 1 aliphatic rings. The zero-order valence-electron chi connectivity index (χ0n) is 11.8. The highest BCUT2D eigenvalue weighted by Gasteiger charge is 2.18. The summed E-state index contributed by atoms with van der Waals surface area (Å²) in [6, 6.07) is 4.76. The molecule has 1 N–H and O–H groups in total. The summed E-state index contributed by atoms with van der Waals surface area (Å²) >= 11 is 0. The number of nitrogens with one attached hydrogen (secondary N) is 1. The van der Waals surface area contributed by atoms with E-state index in [0.717, 1.165) is 12.5 Å². The van der Waals surface area contributed by atoms with Crippen LogP contribution in [0.1, 0.15) is 56.7 Å². The van der Waals surface area contributed by atoms with Crippen molar-refractivity contribution in [1.29, 1.82) is 0 Å². The first-order valence-electron chi connectivity index (χ1n) is 7.41. The maximum Gasteiger partial charge on any atom is 0.0570 e. The van der Waals surface area contributed by atoms with Crippen LogP contribution in [-0.4, -0.2) is 11.0 Å². The first-order valence-corrected chi connectivity index (χ1v) is 7.41. The van der Waals surface area contributed by atoms with Crippen LogP contribution in [-0.2, 0) is 6.54 Å². The van der Waals surface area contributed by atoms with Crippen molar-refractivity contribution in [3.05, 3.63) is 29.6 Å². The Kier molecular flexibility index (Phi) is 5.18. The van der Waals surface area contributed by atoms with E-state index in [2.05, 4.69) is 30.2 Å². The Morgan fingerprint density at radius 2 is 2.00 bits per heavy atom. The van der Waals surface area contributed by atoms with E-state index in [1.165, 1.54) is 49.8 Å². The zero-order chi connectivity index (χ0) is 12.8. The van der Waals surface area contributed by atoms with Crippen molar-refractivity contribution in [3.8, 4) is 0 Å². The molecule has 1 fully saturated rings.